The minimum absolute atomic E-state index is 0.0392. The molecular formula is C22H18O9S2. The van der Waals surface area contributed by atoms with E-state index >= 15 is 0 Å². The van der Waals surface area contributed by atoms with Crippen molar-refractivity contribution in [1.29, 1.82) is 0 Å². The van der Waals surface area contributed by atoms with Gasteiger partial charge in [0.25, 0.3) is 20.2 Å². The Morgan fingerprint density at radius 1 is 0.879 bits per heavy atom. The molecule has 0 aliphatic rings. The Morgan fingerprint density at radius 3 is 2.00 bits per heavy atom. The van der Waals surface area contributed by atoms with E-state index in [1.165, 1.54) is 25.1 Å². The molecule has 33 heavy (non-hydrogen) atoms. The van der Waals surface area contributed by atoms with Crippen molar-refractivity contribution < 1.29 is 40.6 Å². The van der Waals surface area contributed by atoms with Crippen LogP contribution in [-0.4, -0.2) is 42.6 Å². The van der Waals surface area contributed by atoms with Crippen molar-refractivity contribution in [3.63, 3.8) is 0 Å². The Morgan fingerprint density at radius 2 is 1.45 bits per heavy atom. The first-order chi connectivity index (χ1) is 15.1. The molecule has 3 aromatic rings. The standard InChI is InChI=1S/C22H18O9S2/c1-11-12(2)21(24)17-8-7-16(33(29,30)31)10-18(17)19(11)20(13(3)23)22(25)14-5-4-6-15(9-14)32(26,27)28/h4-10,24H,1H2,2-3H3,(H,26,27,28)(H,29,30,31)/b20-19-. The molecule has 0 aromatic heterocycles. The zero-order valence-electron chi connectivity index (χ0n) is 17.4. The fourth-order valence-corrected chi connectivity index (χ4v) is 4.50. The van der Waals surface area contributed by atoms with Crippen molar-refractivity contribution in [3.8, 4) is 5.75 Å². The van der Waals surface area contributed by atoms with Crippen LogP contribution in [0.1, 0.15) is 22.8 Å². The van der Waals surface area contributed by atoms with Crippen LogP contribution in [0.2, 0.25) is 0 Å². The molecule has 0 fully saturated rings. The van der Waals surface area contributed by atoms with Gasteiger partial charge in [0, 0.05) is 16.2 Å². The molecular weight excluding hydrogens is 472 g/mol. The number of carbonyl (C=O) groups excluding carboxylic acids is 2. The number of hydrogen-bond donors (Lipinski definition) is 3. The Hall–Kier alpha value is -3.38. The number of carbonyl (C=O) groups is 2. The number of phenols is 1. The Kier molecular flexibility index (Phi) is 6.03. The van der Waals surface area contributed by atoms with Crippen LogP contribution in [0.3, 0.4) is 0 Å². The van der Waals surface area contributed by atoms with Crippen LogP contribution in [-0.2, 0) is 25.0 Å². The summed E-state index contributed by atoms with van der Waals surface area (Å²) in [5.74, 6) is -1.92. The summed E-state index contributed by atoms with van der Waals surface area (Å²) in [6.07, 6.45) is 0. The van der Waals surface area contributed by atoms with Crippen LogP contribution in [0.4, 0.5) is 0 Å². The molecule has 0 heterocycles. The minimum atomic E-state index is -4.66. The normalized spacial score (nSPS) is 13.1. The smallest absolute Gasteiger partial charge is 0.294 e. The maximum absolute atomic E-state index is 13.3. The highest BCUT2D eigenvalue weighted by Crippen LogP contribution is 2.27. The molecule has 0 unspecified atom stereocenters. The molecule has 3 aromatic carbocycles. The molecule has 3 rings (SSSR count). The summed E-state index contributed by atoms with van der Waals surface area (Å²) in [6.45, 7) is 6.39. The van der Waals surface area contributed by atoms with Crippen LogP contribution in [0.5, 0.6) is 5.75 Å². The molecule has 3 N–H and O–H groups in total. The van der Waals surface area contributed by atoms with Gasteiger partial charge in [0.15, 0.2) is 11.6 Å². The summed E-state index contributed by atoms with van der Waals surface area (Å²) >= 11 is 0. The number of Topliss-reactive ketones (excluding diaryl/α,β-unsaturated/α-hetero) is 2. The average molecular weight is 491 g/mol. The SMILES string of the molecule is C=c1c(C)c(O)c2ccc(S(=O)(=O)O)cc2/c1=C(/C(C)=O)C(=O)c1cccc(S(=O)(=O)O)c1. The number of ketones is 2. The number of aromatic hydroxyl groups is 1. The number of benzene rings is 3. The lowest BCUT2D eigenvalue weighted by Gasteiger charge is -2.12. The second kappa shape index (κ2) is 8.19. The van der Waals surface area contributed by atoms with Gasteiger partial charge in [-0.05, 0) is 60.3 Å². The van der Waals surface area contributed by atoms with Crippen molar-refractivity contribution in [1.82, 2.24) is 0 Å². The Bertz CT molecular complexity index is 1680. The number of fused-ring (bicyclic) bond motifs is 1. The first-order valence-electron chi connectivity index (χ1n) is 9.23. The molecule has 0 radical (unpaired) electrons. The minimum Gasteiger partial charge on any atom is -0.507 e. The topological polar surface area (TPSA) is 163 Å². The van der Waals surface area contributed by atoms with Gasteiger partial charge >= 0.3 is 0 Å². The number of phenolic OH excluding ortho intramolecular Hbond substituents is 1. The third-order valence-corrected chi connectivity index (χ3v) is 6.85. The van der Waals surface area contributed by atoms with Crippen molar-refractivity contribution in [2.75, 3.05) is 0 Å². The van der Waals surface area contributed by atoms with Gasteiger partial charge in [0.2, 0.25) is 0 Å². The zero-order chi connectivity index (χ0) is 24.9. The highest BCUT2D eigenvalue weighted by atomic mass is 32.2. The Balaban J connectivity index is 2.57. The van der Waals surface area contributed by atoms with E-state index in [-0.39, 0.29) is 38.1 Å². The zero-order valence-corrected chi connectivity index (χ0v) is 19.0. The van der Waals surface area contributed by atoms with Crippen LogP contribution in [0.15, 0.2) is 52.3 Å². The van der Waals surface area contributed by atoms with Crippen molar-refractivity contribution in [3.05, 3.63) is 64.0 Å². The van der Waals surface area contributed by atoms with Crippen LogP contribution >= 0.6 is 0 Å². The molecule has 0 saturated carbocycles. The third kappa shape index (κ3) is 4.44. The van der Waals surface area contributed by atoms with Gasteiger partial charge in [-0.3, -0.25) is 18.7 Å². The highest BCUT2D eigenvalue weighted by Gasteiger charge is 2.23. The molecule has 0 atom stereocenters. The predicted molar refractivity (Wildman–Crippen MR) is 120 cm³/mol. The van der Waals surface area contributed by atoms with Gasteiger partial charge in [-0.2, -0.15) is 16.8 Å². The summed E-state index contributed by atoms with van der Waals surface area (Å²) in [6, 6.07) is 7.66. The van der Waals surface area contributed by atoms with E-state index in [0.29, 0.717) is 0 Å². The van der Waals surface area contributed by atoms with Crippen molar-refractivity contribution >= 4 is 54.7 Å². The monoisotopic (exact) mass is 490 g/mol. The molecule has 0 amide bonds. The van der Waals surface area contributed by atoms with Crippen molar-refractivity contribution in [2.45, 2.75) is 23.6 Å². The van der Waals surface area contributed by atoms with E-state index in [9.17, 15) is 40.6 Å². The molecule has 11 heteroatoms. The molecule has 0 spiro atoms. The van der Waals surface area contributed by atoms with Gasteiger partial charge in [-0.1, -0.05) is 18.7 Å². The van der Waals surface area contributed by atoms with E-state index in [1.807, 2.05) is 0 Å². The van der Waals surface area contributed by atoms with Gasteiger partial charge in [-0.25, -0.2) is 0 Å². The van der Waals surface area contributed by atoms with Gasteiger partial charge in [0.05, 0.1) is 15.4 Å². The fourth-order valence-electron chi connectivity index (χ4n) is 3.47. The van der Waals surface area contributed by atoms with Crippen LogP contribution in [0.25, 0.3) is 22.9 Å². The molecule has 172 valence electrons. The predicted octanol–water partition coefficient (Wildman–Crippen LogP) is 1.38. The van der Waals surface area contributed by atoms with E-state index < -0.39 is 47.2 Å². The molecule has 9 nitrogen and oxygen atoms in total. The van der Waals surface area contributed by atoms with Gasteiger partial charge in [0.1, 0.15) is 5.75 Å². The van der Waals surface area contributed by atoms with E-state index in [4.69, 9.17) is 0 Å². The Labute approximate surface area is 188 Å². The summed E-state index contributed by atoms with van der Waals surface area (Å²) in [7, 11) is -9.30. The lowest BCUT2D eigenvalue weighted by Crippen LogP contribution is -2.34. The first kappa shape index (κ1) is 24.3. The second-order valence-electron chi connectivity index (χ2n) is 7.27. The first-order valence-corrected chi connectivity index (χ1v) is 12.1. The van der Waals surface area contributed by atoms with E-state index in [2.05, 4.69) is 6.58 Å². The number of hydrogen-bond acceptors (Lipinski definition) is 7. The summed E-state index contributed by atoms with van der Waals surface area (Å²) in [4.78, 5) is 24.9. The highest BCUT2D eigenvalue weighted by molar-refractivity contribution is 7.86. The maximum Gasteiger partial charge on any atom is 0.294 e. The average Bonchev–Trinajstić information content (AvgIpc) is 2.73. The quantitative estimate of drug-likeness (QED) is 0.272. The molecule has 0 bridgehead atoms. The number of rotatable bonds is 5. The third-order valence-electron chi connectivity index (χ3n) is 5.15. The molecule has 0 aliphatic heterocycles. The van der Waals surface area contributed by atoms with Crippen molar-refractivity contribution in [2.24, 2.45) is 0 Å². The van der Waals surface area contributed by atoms with Gasteiger partial charge < -0.3 is 5.11 Å². The molecule has 0 aliphatic carbocycles. The maximum atomic E-state index is 13.3. The molecule has 0 saturated heterocycles. The van der Waals surface area contributed by atoms with E-state index in [1.54, 1.807) is 0 Å². The summed E-state index contributed by atoms with van der Waals surface area (Å²) in [5.41, 5.74) is -0.469. The van der Waals surface area contributed by atoms with Gasteiger partial charge in [-0.15, -0.1) is 0 Å². The lowest BCUT2D eigenvalue weighted by atomic mass is 9.92. The lowest BCUT2D eigenvalue weighted by molar-refractivity contribution is -0.111. The van der Waals surface area contributed by atoms with E-state index in [0.717, 1.165) is 31.2 Å². The largest absolute Gasteiger partial charge is 0.507 e. The second-order valence-corrected chi connectivity index (χ2v) is 10.1. The van der Waals surface area contributed by atoms with Crippen LogP contribution in [0, 0.1) is 6.92 Å². The summed E-state index contributed by atoms with van der Waals surface area (Å²) in [5, 5.41) is 10.6. The fraction of sp³-hybridized carbons (Fsp3) is 0.0909. The summed E-state index contributed by atoms with van der Waals surface area (Å²) < 4.78 is 65.0. The van der Waals surface area contributed by atoms with Crippen LogP contribution < -0.4 is 10.4 Å².